The Bertz CT molecular complexity index is 945. The van der Waals surface area contributed by atoms with Crippen LogP contribution in [0.2, 0.25) is 5.02 Å². The fourth-order valence-electron chi connectivity index (χ4n) is 2.15. The third kappa shape index (κ3) is 4.36. The molecule has 0 aromatic heterocycles. The number of halogens is 1. The molecule has 0 heterocycles. The van der Waals surface area contributed by atoms with Crippen LogP contribution in [0, 0.1) is 20.2 Å². The average Bonchev–Trinajstić information content (AvgIpc) is 2.61. The van der Waals surface area contributed by atoms with Gasteiger partial charge in [-0.25, -0.2) is 0 Å². The number of non-ortho nitro benzene ring substituents is 1. The Morgan fingerprint density at radius 3 is 2.15 bits per heavy atom. The van der Waals surface area contributed by atoms with Gasteiger partial charge in [0.05, 0.1) is 21.5 Å². The predicted octanol–water partition coefficient (Wildman–Crippen LogP) is 3.39. The molecule has 0 aliphatic heterocycles. The van der Waals surface area contributed by atoms with Crippen LogP contribution in [0.1, 0.15) is 17.3 Å². The number of carbonyl (C=O) groups is 2. The van der Waals surface area contributed by atoms with Crippen LogP contribution in [-0.4, -0.2) is 28.7 Å². The van der Waals surface area contributed by atoms with E-state index in [0.29, 0.717) is 17.4 Å². The first kappa shape index (κ1) is 19.8. The SMILES string of the molecule is CC(=O)N(C)c1ccc(NC(=O)c2cc([N+](=O)[O-])cc([N+](=O)[O-])c2Cl)cc1. The van der Waals surface area contributed by atoms with Gasteiger partial charge in [-0.2, -0.15) is 0 Å². The molecule has 0 radical (unpaired) electrons. The molecule has 0 aliphatic rings. The second-order valence-electron chi connectivity index (χ2n) is 5.42. The number of anilines is 2. The maximum Gasteiger partial charge on any atom is 0.295 e. The number of amides is 2. The van der Waals surface area contributed by atoms with Crippen LogP contribution in [0.25, 0.3) is 0 Å². The van der Waals surface area contributed by atoms with Gasteiger partial charge in [0.25, 0.3) is 17.3 Å². The second kappa shape index (κ2) is 7.79. The number of nitro groups is 2. The molecule has 0 unspecified atom stereocenters. The maximum absolute atomic E-state index is 12.4. The van der Waals surface area contributed by atoms with Crippen LogP contribution < -0.4 is 10.2 Å². The van der Waals surface area contributed by atoms with E-state index in [4.69, 9.17) is 11.6 Å². The molecule has 0 spiro atoms. The highest BCUT2D eigenvalue weighted by molar-refractivity contribution is 6.36. The number of nitrogens with zero attached hydrogens (tertiary/aromatic N) is 3. The maximum atomic E-state index is 12.4. The normalized spacial score (nSPS) is 10.2. The van der Waals surface area contributed by atoms with Crippen LogP contribution in [-0.2, 0) is 4.79 Å². The molecule has 27 heavy (non-hydrogen) atoms. The molecule has 0 saturated heterocycles. The van der Waals surface area contributed by atoms with Gasteiger partial charge in [-0.15, -0.1) is 0 Å². The Morgan fingerprint density at radius 2 is 1.67 bits per heavy atom. The van der Waals surface area contributed by atoms with E-state index in [-0.39, 0.29) is 5.91 Å². The van der Waals surface area contributed by atoms with E-state index >= 15 is 0 Å². The summed E-state index contributed by atoms with van der Waals surface area (Å²) in [6.45, 7) is 1.40. The molecule has 11 heteroatoms. The van der Waals surface area contributed by atoms with Gasteiger partial charge < -0.3 is 10.2 Å². The van der Waals surface area contributed by atoms with Crippen LogP contribution in [0.4, 0.5) is 22.7 Å². The summed E-state index contributed by atoms with van der Waals surface area (Å²) >= 11 is 5.87. The van der Waals surface area contributed by atoms with Crippen LogP contribution >= 0.6 is 11.6 Å². The molecule has 10 nitrogen and oxygen atoms in total. The van der Waals surface area contributed by atoms with Crippen molar-refractivity contribution in [3.8, 4) is 0 Å². The summed E-state index contributed by atoms with van der Waals surface area (Å²) in [7, 11) is 1.58. The van der Waals surface area contributed by atoms with Crippen molar-refractivity contribution in [3.05, 3.63) is 67.2 Å². The lowest BCUT2D eigenvalue weighted by Gasteiger charge is -2.15. The Balaban J connectivity index is 2.34. The number of rotatable bonds is 5. The van der Waals surface area contributed by atoms with Crippen molar-refractivity contribution in [1.82, 2.24) is 0 Å². The summed E-state index contributed by atoms with van der Waals surface area (Å²) in [5.41, 5.74) is -0.873. The molecule has 0 atom stereocenters. The van der Waals surface area contributed by atoms with Crippen molar-refractivity contribution < 1.29 is 19.4 Å². The minimum Gasteiger partial charge on any atom is -0.322 e. The quantitative estimate of drug-likeness (QED) is 0.611. The van der Waals surface area contributed by atoms with Crippen molar-refractivity contribution in [2.45, 2.75) is 6.92 Å². The van der Waals surface area contributed by atoms with Gasteiger partial charge in [0.15, 0.2) is 0 Å². The lowest BCUT2D eigenvalue weighted by molar-refractivity contribution is -0.394. The van der Waals surface area contributed by atoms with Gasteiger partial charge in [-0.3, -0.25) is 29.8 Å². The smallest absolute Gasteiger partial charge is 0.295 e. The highest BCUT2D eigenvalue weighted by Crippen LogP contribution is 2.33. The van der Waals surface area contributed by atoms with Crippen LogP contribution in [0.15, 0.2) is 36.4 Å². The molecule has 2 aromatic rings. The van der Waals surface area contributed by atoms with Crippen molar-refractivity contribution in [2.24, 2.45) is 0 Å². The predicted molar refractivity (Wildman–Crippen MR) is 98.2 cm³/mol. The first-order valence-corrected chi connectivity index (χ1v) is 7.77. The summed E-state index contributed by atoms with van der Waals surface area (Å²) in [6, 6.07) is 7.72. The molecular weight excluding hydrogens is 380 g/mol. The fraction of sp³-hybridized carbons (Fsp3) is 0.125. The van der Waals surface area contributed by atoms with E-state index in [1.807, 2.05) is 0 Å². The van der Waals surface area contributed by atoms with Gasteiger partial charge in [0.1, 0.15) is 5.02 Å². The topological polar surface area (TPSA) is 136 Å². The molecule has 2 aromatic carbocycles. The van der Waals surface area contributed by atoms with E-state index in [1.54, 1.807) is 19.2 Å². The van der Waals surface area contributed by atoms with E-state index in [9.17, 15) is 29.8 Å². The third-order valence-corrected chi connectivity index (χ3v) is 4.07. The summed E-state index contributed by atoms with van der Waals surface area (Å²) < 4.78 is 0. The largest absolute Gasteiger partial charge is 0.322 e. The molecule has 0 fully saturated rings. The molecule has 2 rings (SSSR count). The Morgan fingerprint density at radius 1 is 1.07 bits per heavy atom. The first-order valence-electron chi connectivity index (χ1n) is 7.40. The summed E-state index contributed by atoms with van der Waals surface area (Å²) in [4.78, 5) is 45.4. The van der Waals surface area contributed by atoms with E-state index in [1.165, 1.54) is 24.0 Å². The monoisotopic (exact) mass is 392 g/mol. The lowest BCUT2D eigenvalue weighted by Crippen LogP contribution is -2.22. The average molecular weight is 393 g/mol. The van der Waals surface area contributed by atoms with E-state index in [2.05, 4.69) is 5.32 Å². The Labute approximate surface area is 157 Å². The zero-order valence-corrected chi connectivity index (χ0v) is 14.9. The molecule has 0 bridgehead atoms. The number of benzene rings is 2. The van der Waals surface area contributed by atoms with Crippen molar-refractivity contribution >= 4 is 46.2 Å². The Hall–Kier alpha value is -3.53. The standard InChI is InChI=1S/C16H13ClN4O6/c1-9(22)19(2)11-5-3-10(4-6-11)18-16(23)13-7-12(20(24)25)8-14(15(13)17)21(26)27/h3-8H,1-2H3,(H,18,23). The zero-order valence-electron chi connectivity index (χ0n) is 14.1. The van der Waals surface area contributed by atoms with Gasteiger partial charge >= 0.3 is 0 Å². The number of nitro benzene ring substituents is 2. The Kier molecular flexibility index (Phi) is 5.71. The number of hydrogen-bond acceptors (Lipinski definition) is 6. The zero-order chi connectivity index (χ0) is 20.3. The first-order chi connectivity index (χ1) is 12.6. The highest BCUT2D eigenvalue weighted by atomic mass is 35.5. The second-order valence-corrected chi connectivity index (χ2v) is 5.80. The molecule has 1 N–H and O–H groups in total. The van der Waals surface area contributed by atoms with E-state index < -0.39 is 37.7 Å². The van der Waals surface area contributed by atoms with E-state index in [0.717, 1.165) is 6.07 Å². The lowest BCUT2D eigenvalue weighted by atomic mass is 10.1. The van der Waals surface area contributed by atoms with Crippen LogP contribution in [0.3, 0.4) is 0 Å². The van der Waals surface area contributed by atoms with Crippen LogP contribution in [0.5, 0.6) is 0 Å². The van der Waals surface area contributed by atoms with Gasteiger partial charge in [0.2, 0.25) is 5.91 Å². The number of hydrogen-bond donors (Lipinski definition) is 1. The summed E-state index contributed by atoms with van der Waals surface area (Å²) in [6.07, 6.45) is 0. The summed E-state index contributed by atoms with van der Waals surface area (Å²) in [5, 5.41) is 23.9. The highest BCUT2D eigenvalue weighted by Gasteiger charge is 2.26. The van der Waals surface area contributed by atoms with Gasteiger partial charge in [0, 0.05) is 31.4 Å². The third-order valence-electron chi connectivity index (χ3n) is 3.68. The number of nitrogens with one attached hydrogen (secondary N) is 1. The van der Waals surface area contributed by atoms with Crippen molar-refractivity contribution in [1.29, 1.82) is 0 Å². The summed E-state index contributed by atoms with van der Waals surface area (Å²) in [5.74, 6) is -1.03. The molecule has 0 aliphatic carbocycles. The molecule has 140 valence electrons. The minimum atomic E-state index is -0.904. The molecule has 0 saturated carbocycles. The molecule has 2 amide bonds. The van der Waals surface area contributed by atoms with Crippen molar-refractivity contribution in [3.63, 3.8) is 0 Å². The molecular formula is C16H13ClN4O6. The van der Waals surface area contributed by atoms with Gasteiger partial charge in [-0.1, -0.05) is 11.6 Å². The minimum absolute atomic E-state index is 0.178. The van der Waals surface area contributed by atoms with Crippen molar-refractivity contribution in [2.75, 3.05) is 17.3 Å². The van der Waals surface area contributed by atoms with Gasteiger partial charge in [-0.05, 0) is 24.3 Å². The number of carbonyl (C=O) groups excluding carboxylic acids is 2. The fourth-order valence-corrected chi connectivity index (χ4v) is 2.41.